The first-order valence-electron chi connectivity index (χ1n) is 4.33. The van der Waals surface area contributed by atoms with E-state index in [1.54, 1.807) is 6.92 Å². The zero-order chi connectivity index (χ0) is 10.4. The van der Waals surface area contributed by atoms with Gasteiger partial charge < -0.3 is 9.53 Å². The van der Waals surface area contributed by atoms with Crippen molar-refractivity contribution in [1.29, 1.82) is 0 Å². The molecule has 1 rings (SSSR count). The minimum atomic E-state index is -0.345. The summed E-state index contributed by atoms with van der Waals surface area (Å²) in [5.74, 6) is -0.345. The van der Waals surface area contributed by atoms with Crippen molar-refractivity contribution < 1.29 is 14.3 Å². The molecule has 0 spiro atoms. The Morgan fingerprint density at radius 3 is 3.14 bits per heavy atom. The van der Waals surface area contributed by atoms with Crippen molar-refractivity contribution in [3.05, 3.63) is 16.1 Å². The predicted molar refractivity (Wildman–Crippen MR) is 52.5 cm³/mol. The number of rotatable bonds is 5. The monoisotopic (exact) mass is 213 g/mol. The number of hydrogen-bond donors (Lipinski definition) is 0. The van der Waals surface area contributed by atoms with Gasteiger partial charge in [-0.2, -0.15) is 0 Å². The number of ether oxygens (including phenoxy) is 1. The van der Waals surface area contributed by atoms with Crippen LogP contribution in [0.15, 0.2) is 6.20 Å². The fourth-order valence-electron chi connectivity index (χ4n) is 0.905. The van der Waals surface area contributed by atoms with Gasteiger partial charge in [0.2, 0.25) is 0 Å². The van der Waals surface area contributed by atoms with Crippen LogP contribution in [0.2, 0.25) is 0 Å². The lowest BCUT2D eigenvalue weighted by atomic mass is 10.3. The van der Waals surface area contributed by atoms with Crippen molar-refractivity contribution in [2.75, 3.05) is 6.61 Å². The number of aldehydes is 1. The maximum atomic E-state index is 11.2. The van der Waals surface area contributed by atoms with E-state index in [2.05, 4.69) is 4.98 Å². The van der Waals surface area contributed by atoms with Gasteiger partial charge in [-0.15, -0.1) is 11.3 Å². The molecule has 1 heterocycles. The quantitative estimate of drug-likeness (QED) is 0.548. The van der Waals surface area contributed by atoms with Crippen molar-refractivity contribution in [2.24, 2.45) is 0 Å². The predicted octanol–water partition coefficient (Wildman–Crippen LogP) is 1.45. The average Bonchev–Trinajstić information content (AvgIpc) is 2.63. The fourth-order valence-corrected chi connectivity index (χ4v) is 1.73. The third kappa shape index (κ3) is 2.92. The Morgan fingerprint density at radius 1 is 1.71 bits per heavy atom. The third-order valence-corrected chi connectivity index (χ3v) is 2.54. The van der Waals surface area contributed by atoms with E-state index in [-0.39, 0.29) is 5.97 Å². The second-order valence-corrected chi connectivity index (χ2v) is 3.66. The van der Waals surface area contributed by atoms with Crippen molar-refractivity contribution in [3.8, 4) is 0 Å². The van der Waals surface area contributed by atoms with Crippen LogP contribution in [0.3, 0.4) is 0 Å². The first-order valence-corrected chi connectivity index (χ1v) is 5.15. The van der Waals surface area contributed by atoms with Gasteiger partial charge in [-0.25, -0.2) is 9.78 Å². The summed E-state index contributed by atoms with van der Waals surface area (Å²) < 4.78 is 4.81. The summed E-state index contributed by atoms with van der Waals surface area (Å²) in [7, 11) is 0. The van der Waals surface area contributed by atoms with Crippen molar-refractivity contribution in [1.82, 2.24) is 4.98 Å². The van der Waals surface area contributed by atoms with E-state index in [4.69, 9.17) is 4.74 Å². The number of carbonyl (C=O) groups excluding carboxylic acids is 2. The summed E-state index contributed by atoms with van der Waals surface area (Å²) in [6, 6.07) is 0. The van der Waals surface area contributed by atoms with Gasteiger partial charge in [-0.05, 0) is 6.92 Å². The lowest BCUT2D eigenvalue weighted by Crippen LogP contribution is -2.01. The van der Waals surface area contributed by atoms with Gasteiger partial charge in [0.15, 0.2) is 0 Å². The van der Waals surface area contributed by atoms with Crippen molar-refractivity contribution >= 4 is 23.6 Å². The highest BCUT2D eigenvalue weighted by atomic mass is 32.1. The molecule has 76 valence electrons. The molecule has 1 aromatic rings. The largest absolute Gasteiger partial charge is 0.462 e. The van der Waals surface area contributed by atoms with E-state index < -0.39 is 0 Å². The van der Waals surface area contributed by atoms with Gasteiger partial charge in [0.25, 0.3) is 0 Å². The van der Waals surface area contributed by atoms with E-state index in [1.165, 1.54) is 17.5 Å². The summed E-state index contributed by atoms with van der Waals surface area (Å²) in [4.78, 5) is 25.8. The average molecular weight is 213 g/mol. The Balaban J connectivity index is 2.58. The molecule has 0 atom stereocenters. The van der Waals surface area contributed by atoms with Gasteiger partial charge in [-0.3, -0.25) is 0 Å². The van der Waals surface area contributed by atoms with Gasteiger partial charge in [-0.1, -0.05) is 0 Å². The number of aryl methyl sites for hydroxylation is 1. The molecule has 0 radical (unpaired) electrons. The van der Waals surface area contributed by atoms with Crippen LogP contribution in [0.5, 0.6) is 0 Å². The summed E-state index contributed by atoms with van der Waals surface area (Å²) in [6.45, 7) is 2.12. The lowest BCUT2D eigenvalue weighted by Gasteiger charge is -1.95. The summed E-state index contributed by atoms with van der Waals surface area (Å²) in [6.07, 6.45) is 3.36. The van der Waals surface area contributed by atoms with Crippen LogP contribution in [0, 0.1) is 0 Å². The first-order chi connectivity index (χ1) is 6.77. The molecular weight excluding hydrogens is 202 g/mol. The number of carbonyl (C=O) groups is 2. The molecule has 0 aliphatic carbocycles. The molecule has 14 heavy (non-hydrogen) atoms. The minimum Gasteiger partial charge on any atom is -0.462 e. The van der Waals surface area contributed by atoms with E-state index in [9.17, 15) is 9.59 Å². The standard InChI is InChI=1S/C9H11NO3S/c1-2-13-9(12)7-6-10-8(14-7)4-3-5-11/h5-6H,2-4H2,1H3. The maximum Gasteiger partial charge on any atom is 0.349 e. The van der Waals surface area contributed by atoms with E-state index in [0.29, 0.717) is 24.3 Å². The Kier molecular flexibility index (Phi) is 4.25. The molecule has 0 fully saturated rings. The van der Waals surface area contributed by atoms with Crippen LogP contribution in [-0.2, 0) is 16.0 Å². The number of thiazole rings is 1. The lowest BCUT2D eigenvalue weighted by molar-refractivity contribution is -0.107. The Bertz CT molecular complexity index is 322. The zero-order valence-corrected chi connectivity index (χ0v) is 8.67. The molecule has 0 amide bonds. The highest BCUT2D eigenvalue weighted by molar-refractivity contribution is 7.13. The van der Waals surface area contributed by atoms with E-state index in [0.717, 1.165) is 11.3 Å². The van der Waals surface area contributed by atoms with Gasteiger partial charge in [0, 0.05) is 12.8 Å². The molecule has 0 aliphatic heterocycles. The highest BCUT2D eigenvalue weighted by Gasteiger charge is 2.10. The van der Waals surface area contributed by atoms with Crippen molar-refractivity contribution in [3.63, 3.8) is 0 Å². The molecule has 0 bridgehead atoms. The van der Waals surface area contributed by atoms with Crippen LogP contribution in [0.1, 0.15) is 28.0 Å². The van der Waals surface area contributed by atoms with Gasteiger partial charge >= 0.3 is 5.97 Å². The van der Waals surface area contributed by atoms with Crippen LogP contribution in [0.4, 0.5) is 0 Å². The molecule has 0 saturated heterocycles. The second kappa shape index (κ2) is 5.49. The molecule has 0 aromatic carbocycles. The van der Waals surface area contributed by atoms with Crippen molar-refractivity contribution in [2.45, 2.75) is 19.8 Å². The number of hydrogen-bond acceptors (Lipinski definition) is 5. The number of esters is 1. The fraction of sp³-hybridized carbons (Fsp3) is 0.444. The van der Waals surface area contributed by atoms with Crippen LogP contribution < -0.4 is 0 Å². The summed E-state index contributed by atoms with van der Waals surface area (Å²) in [5.41, 5.74) is 0. The smallest absolute Gasteiger partial charge is 0.349 e. The number of nitrogens with zero attached hydrogens (tertiary/aromatic N) is 1. The van der Waals surface area contributed by atoms with Crippen LogP contribution in [0.25, 0.3) is 0 Å². The van der Waals surface area contributed by atoms with Crippen LogP contribution >= 0.6 is 11.3 Å². The normalized spacial score (nSPS) is 9.79. The van der Waals surface area contributed by atoms with Gasteiger partial charge in [0.1, 0.15) is 11.2 Å². The minimum absolute atomic E-state index is 0.345. The third-order valence-electron chi connectivity index (χ3n) is 1.51. The SMILES string of the molecule is CCOC(=O)c1cnc(CCC=O)s1. The molecule has 5 heteroatoms. The van der Waals surface area contributed by atoms with E-state index >= 15 is 0 Å². The second-order valence-electron chi connectivity index (χ2n) is 2.54. The summed E-state index contributed by atoms with van der Waals surface area (Å²) in [5, 5.41) is 0.792. The summed E-state index contributed by atoms with van der Waals surface area (Å²) >= 11 is 1.28. The first kappa shape index (κ1) is 10.8. The molecular formula is C9H11NO3S. The topological polar surface area (TPSA) is 56.3 Å². The highest BCUT2D eigenvalue weighted by Crippen LogP contribution is 2.15. The molecule has 4 nitrogen and oxygen atoms in total. The molecule has 0 saturated carbocycles. The Hall–Kier alpha value is -1.23. The maximum absolute atomic E-state index is 11.2. The molecule has 0 unspecified atom stereocenters. The van der Waals surface area contributed by atoms with E-state index in [1.807, 2.05) is 0 Å². The number of aromatic nitrogens is 1. The van der Waals surface area contributed by atoms with Gasteiger partial charge in [0.05, 0.1) is 17.8 Å². The van der Waals surface area contributed by atoms with Crippen LogP contribution in [-0.4, -0.2) is 23.8 Å². The molecule has 1 aromatic heterocycles. The molecule has 0 aliphatic rings. The zero-order valence-electron chi connectivity index (χ0n) is 7.86. The molecule has 0 N–H and O–H groups in total. The Labute approximate surface area is 85.9 Å². The Morgan fingerprint density at radius 2 is 2.50 bits per heavy atom.